The van der Waals surface area contributed by atoms with Gasteiger partial charge in [0, 0.05) is 5.75 Å². The van der Waals surface area contributed by atoms with Crippen LogP contribution in [0.1, 0.15) is 0 Å². The predicted octanol–water partition coefficient (Wildman–Crippen LogP) is -3.50. The van der Waals surface area contributed by atoms with Gasteiger partial charge < -0.3 is 38.9 Å². The molecule has 0 amide bonds. The number of esters is 1. The third-order valence-corrected chi connectivity index (χ3v) is 1.90. The van der Waals surface area contributed by atoms with Crippen LogP contribution in [0.5, 0.6) is 0 Å². The molecule has 4 nitrogen and oxygen atoms in total. The summed E-state index contributed by atoms with van der Waals surface area (Å²) < 4.78 is 5.71. The van der Waals surface area contributed by atoms with E-state index in [1.165, 1.54) is 0 Å². The van der Waals surface area contributed by atoms with E-state index in [1.807, 2.05) is 21.1 Å². The average molecular weight is 334 g/mol. The Morgan fingerprint density at radius 1 is 1.50 bits per heavy atom. The summed E-state index contributed by atoms with van der Waals surface area (Å²) in [5.41, 5.74) is 5.41. The molecule has 0 saturated carbocycles. The Morgan fingerprint density at radius 2 is 2.00 bits per heavy atom. The molecule has 1 unspecified atom stereocenters. The molecule has 0 rings (SSSR count). The standard InChI is InChI=1S/C8H18N2O2S.HI/c1-10(2,3)4-5-12-8(11)7(9)6-13;/h7H,4-6,9H2,1-3H3;1H. The first-order chi connectivity index (χ1) is 5.87. The number of halogens is 1. The van der Waals surface area contributed by atoms with Crippen molar-refractivity contribution in [2.24, 2.45) is 5.73 Å². The molecule has 0 heterocycles. The van der Waals surface area contributed by atoms with Crippen LogP contribution < -0.4 is 29.7 Å². The Labute approximate surface area is 108 Å². The van der Waals surface area contributed by atoms with Crippen molar-refractivity contribution in [1.29, 1.82) is 0 Å². The minimum absolute atomic E-state index is 0. The van der Waals surface area contributed by atoms with Crippen molar-refractivity contribution in [2.75, 3.05) is 40.0 Å². The summed E-state index contributed by atoms with van der Waals surface area (Å²) in [6, 6.07) is -0.601. The minimum atomic E-state index is -0.601. The van der Waals surface area contributed by atoms with E-state index in [0.29, 0.717) is 12.4 Å². The van der Waals surface area contributed by atoms with Crippen LogP contribution >= 0.6 is 12.6 Å². The Hall–Kier alpha value is 0.470. The molecule has 0 aromatic heterocycles. The van der Waals surface area contributed by atoms with Crippen LogP contribution in [0.15, 0.2) is 0 Å². The monoisotopic (exact) mass is 334 g/mol. The first-order valence-corrected chi connectivity index (χ1v) is 4.83. The molecule has 0 aliphatic heterocycles. The zero-order valence-electron chi connectivity index (χ0n) is 8.86. The van der Waals surface area contributed by atoms with Crippen molar-refractivity contribution in [1.82, 2.24) is 0 Å². The maximum Gasteiger partial charge on any atom is 0.323 e. The number of likely N-dealkylation sites (N-methyl/N-ethyl adjacent to an activating group) is 1. The van der Waals surface area contributed by atoms with Gasteiger partial charge in [0.15, 0.2) is 0 Å². The van der Waals surface area contributed by atoms with Crippen molar-refractivity contribution in [3.8, 4) is 0 Å². The molecule has 0 spiro atoms. The second kappa shape index (κ2) is 7.72. The van der Waals surface area contributed by atoms with E-state index in [9.17, 15) is 4.79 Å². The number of hydrogen-bond donors (Lipinski definition) is 2. The molecule has 2 N–H and O–H groups in total. The highest BCUT2D eigenvalue weighted by Gasteiger charge is 2.14. The number of thiol groups is 1. The van der Waals surface area contributed by atoms with E-state index in [-0.39, 0.29) is 29.9 Å². The van der Waals surface area contributed by atoms with Crippen molar-refractivity contribution >= 4 is 18.6 Å². The fraction of sp³-hybridized carbons (Fsp3) is 0.875. The average Bonchev–Trinajstić information content (AvgIpc) is 2.00. The fourth-order valence-electron chi connectivity index (χ4n) is 0.602. The highest BCUT2D eigenvalue weighted by atomic mass is 127. The van der Waals surface area contributed by atoms with E-state index in [1.54, 1.807) is 0 Å². The highest BCUT2D eigenvalue weighted by Crippen LogP contribution is 1.92. The van der Waals surface area contributed by atoms with Gasteiger partial charge in [0.1, 0.15) is 19.2 Å². The fourth-order valence-corrected chi connectivity index (χ4v) is 0.751. The Kier molecular flexibility index (Phi) is 9.31. The van der Waals surface area contributed by atoms with E-state index in [2.05, 4.69) is 12.6 Å². The summed E-state index contributed by atoms with van der Waals surface area (Å²) in [7, 11) is 6.10. The second-order valence-corrected chi connectivity index (χ2v) is 4.34. The smallest absolute Gasteiger partial charge is 0.323 e. The lowest BCUT2D eigenvalue weighted by Crippen LogP contribution is -3.00. The second-order valence-electron chi connectivity index (χ2n) is 3.97. The molecular weight excluding hydrogens is 315 g/mol. The summed E-state index contributed by atoms with van der Waals surface area (Å²) in [5, 5.41) is 0. The Morgan fingerprint density at radius 3 is 2.36 bits per heavy atom. The van der Waals surface area contributed by atoms with E-state index in [4.69, 9.17) is 10.5 Å². The Bertz CT molecular complexity index is 173. The number of nitrogens with two attached hydrogens (primary N) is 1. The predicted molar refractivity (Wildman–Crippen MR) is 55.7 cm³/mol. The van der Waals surface area contributed by atoms with Crippen LogP contribution in [0.4, 0.5) is 0 Å². The zero-order chi connectivity index (χ0) is 10.5. The summed E-state index contributed by atoms with van der Waals surface area (Å²) in [5.74, 6) is -0.0492. The first kappa shape index (κ1) is 16.9. The molecule has 0 aromatic carbocycles. The topological polar surface area (TPSA) is 52.3 Å². The molecule has 1 atom stereocenters. The van der Waals surface area contributed by atoms with Gasteiger partial charge in [0.2, 0.25) is 0 Å². The lowest BCUT2D eigenvalue weighted by Gasteiger charge is -2.23. The van der Waals surface area contributed by atoms with E-state index in [0.717, 1.165) is 11.0 Å². The lowest BCUT2D eigenvalue weighted by atomic mass is 10.4. The molecule has 0 aliphatic carbocycles. The summed E-state index contributed by atoms with van der Waals surface area (Å²) in [6.07, 6.45) is 0. The maximum absolute atomic E-state index is 11.1. The minimum Gasteiger partial charge on any atom is -1.00 e. The van der Waals surface area contributed by atoms with Crippen molar-refractivity contribution in [2.45, 2.75) is 6.04 Å². The van der Waals surface area contributed by atoms with Crippen LogP contribution in [0.3, 0.4) is 0 Å². The van der Waals surface area contributed by atoms with Gasteiger partial charge in [0.25, 0.3) is 0 Å². The van der Waals surface area contributed by atoms with Gasteiger partial charge >= 0.3 is 5.97 Å². The number of rotatable bonds is 5. The molecule has 0 fully saturated rings. The van der Waals surface area contributed by atoms with Gasteiger partial charge in [-0.1, -0.05) is 0 Å². The molecule has 6 heteroatoms. The molecular formula is C8H19IN2O2S. The summed E-state index contributed by atoms with van der Waals surface area (Å²) in [6.45, 7) is 1.19. The van der Waals surface area contributed by atoms with Gasteiger partial charge in [-0.3, -0.25) is 4.79 Å². The number of quaternary nitrogens is 1. The zero-order valence-corrected chi connectivity index (χ0v) is 11.9. The molecule has 14 heavy (non-hydrogen) atoms. The van der Waals surface area contributed by atoms with Crippen LogP contribution in [-0.4, -0.2) is 56.5 Å². The Balaban J connectivity index is 0. The highest BCUT2D eigenvalue weighted by molar-refractivity contribution is 7.80. The number of ether oxygens (including phenoxy) is 1. The normalized spacial score (nSPS) is 12.9. The molecule has 0 aromatic rings. The van der Waals surface area contributed by atoms with Crippen molar-refractivity contribution in [3.63, 3.8) is 0 Å². The quantitative estimate of drug-likeness (QED) is 0.237. The summed E-state index contributed by atoms with van der Waals surface area (Å²) >= 11 is 3.90. The van der Waals surface area contributed by atoms with Gasteiger partial charge in [-0.15, -0.1) is 0 Å². The molecule has 0 aliphatic rings. The van der Waals surface area contributed by atoms with Gasteiger partial charge in [-0.2, -0.15) is 12.6 Å². The third kappa shape index (κ3) is 9.04. The van der Waals surface area contributed by atoms with Crippen molar-refractivity contribution < 1.29 is 38.0 Å². The van der Waals surface area contributed by atoms with Gasteiger partial charge in [-0.05, 0) is 0 Å². The molecule has 86 valence electrons. The van der Waals surface area contributed by atoms with Crippen LogP contribution in [0.25, 0.3) is 0 Å². The number of carbonyl (C=O) groups excluding carboxylic acids is 1. The van der Waals surface area contributed by atoms with E-state index >= 15 is 0 Å². The molecule has 0 radical (unpaired) electrons. The largest absolute Gasteiger partial charge is 1.00 e. The van der Waals surface area contributed by atoms with Crippen LogP contribution in [-0.2, 0) is 9.53 Å². The molecule has 0 bridgehead atoms. The summed E-state index contributed by atoms with van der Waals surface area (Å²) in [4.78, 5) is 11.1. The van der Waals surface area contributed by atoms with Crippen molar-refractivity contribution in [3.05, 3.63) is 0 Å². The SMILES string of the molecule is C[N+](C)(C)CCOC(=O)C(N)CS.[I-]. The number of hydrogen-bond acceptors (Lipinski definition) is 4. The van der Waals surface area contributed by atoms with Crippen LogP contribution in [0, 0.1) is 0 Å². The van der Waals surface area contributed by atoms with Crippen LogP contribution in [0.2, 0.25) is 0 Å². The third-order valence-electron chi connectivity index (χ3n) is 1.51. The van der Waals surface area contributed by atoms with E-state index < -0.39 is 6.04 Å². The number of nitrogens with zero attached hydrogens (tertiary/aromatic N) is 1. The number of carbonyl (C=O) groups is 1. The molecule has 0 saturated heterocycles. The maximum atomic E-state index is 11.1. The van der Waals surface area contributed by atoms with Gasteiger partial charge in [0.05, 0.1) is 21.1 Å². The lowest BCUT2D eigenvalue weighted by molar-refractivity contribution is -0.870. The first-order valence-electron chi connectivity index (χ1n) is 4.20. The van der Waals surface area contributed by atoms with Gasteiger partial charge in [-0.25, -0.2) is 0 Å².